The summed E-state index contributed by atoms with van der Waals surface area (Å²) in [5, 5.41) is 0. The molecule has 2 rings (SSSR count). The number of likely N-dealkylation sites (N-methyl/N-ethyl adjacent to an activating group) is 1. The Morgan fingerprint density at radius 3 is 2.68 bits per heavy atom. The van der Waals surface area contributed by atoms with Crippen molar-refractivity contribution in [3.63, 3.8) is 0 Å². The second kappa shape index (κ2) is 6.17. The van der Waals surface area contributed by atoms with Crippen molar-refractivity contribution in [3.8, 4) is 0 Å². The summed E-state index contributed by atoms with van der Waals surface area (Å²) in [5.74, 6) is 0.0484. The largest absolute Gasteiger partial charge is 0.364 e. The van der Waals surface area contributed by atoms with Crippen LogP contribution in [0, 0.1) is 0 Å². The lowest BCUT2D eigenvalue weighted by molar-refractivity contribution is -0.143. The number of hydrogen-bond acceptors (Lipinski definition) is 3. The molecule has 1 aromatic carbocycles. The fourth-order valence-electron chi connectivity index (χ4n) is 2.43. The second-order valence-electron chi connectivity index (χ2n) is 5.10. The number of benzene rings is 1. The number of rotatable bonds is 4. The van der Waals surface area contributed by atoms with Gasteiger partial charge in [-0.25, -0.2) is 0 Å². The van der Waals surface area contributed by atoms with Crippen LogP contribution >= 0.6 is 0 Å². The summed E-state index contributed by atoms with van der Waals surface area (Å²) in [5.41, 5.74) is 6.70. The third-order valence-electron chi connectivity index (χ3n) is 3.86. The summed E-state index contributed by atoms with van der Waals surface area (Å²) in [7, 11) is 1.83. The van der Waals surface area contributed by atoms with Crippen LogP contribution in [-0.4, -0.2) is 36.6 Å². The molecule has 1 aromatic rings. The first-order chi connectivity index (χ1) is 9.13. The molecule has 0 saturated carbocycles. The molecule has 3 unspecified atom stereocenters. The third kappa shape index (κ3) is 3.14. The smallest absolute Gasteiger partial charge is 0.251 e. The molecule has 1 aliphatic heterocycles. The van der Waals surface area contributed by atoms with E-state index in [1.54, 1.807) is 4.90 Å². The number of ether oxygens (including phenoxy) is 1. The molecule has 1 saturated heterocycles. The molecule has 4 nitrogen and oxygen atoms in total. The van der Waals surface area contributed by atoms with Crippen molar-refractivity contribution in [2.24, 2.45) is 5.73 Å². The zero-order valence-corrected chi connectivity index (χ0v) is 11.6. The van der Waals surface area contributed by atoms with Gasteiger partial charge >= 0.3 is 0 Å². The van der Waals surface area contributed by atoms with E-state index in [1.807, 2.05) is 44.3 Å². The minimum atomic E-state index is -0.329. The van der Waals surface area contributed by atoms with Gasteiger partial charge in [-0.15, -0.1) is 0 Å². The topological polar surface area (TPSA) is 55.6 Å². The van der Waals surface area contributed by atoms with E-state index in [2.05, 4.69) is 0 Å². The van der Waals surface area contributed by atoms with Gasteiger partial charge < -0.3 is 15.4 Å². The number of hydrogen-bond donors (Lipinski definition) is 1. The van der Waals surface area contributed by atoms with Gasteiger partial charge in [0.25, 0.3) is 5.91 Å². The molecule has 3 atom stereocenters. The minimum Gasteiger partial charge on any atom is -0.364 e. The highest BCUT2D eigenvalue weighted by molar-refractivity contribution is 5.81. The van der Waals surface area contributed by atoms with E-state index < -0.39 is 0 Å². The molecule has 0 spiro atoms. The lowest BCUT2D eigenvalue weighted by atomic mass is 10.1. The highest BCUT2D eigenvalue weighted by atomic mass is 16.5. The fourth-order valence-corrected chi connectivity index (χ4v) is 2.43. The number of nitrogens with two attached hydrogens (primary N) is 1. The maximum absolute atomic E-state index is 12.4. The first-order valence-corrected chi connectivity index (χ1v) is 6.80. The highest BCUT2D eigenvalue weighted by Crippen LogP contribution is 2.24. The average Bonchev–Trinajstić information content (AvgIpc) is 2.94. The quantitative estimate of drug-likeness (QED) is 0.898. The van der Waals surface area contributed by atoms with Gasteiger partial charge in [0.1, 0.15) is 6.10 Å². The van der Waals surface area contributed by atoms with Gasteiger partial charge in [-0.05, 0) is 25.3 Å². The molecule has 19 heavy (non-hydrogen) atoms. The van der Waals surface area contributed by atoms with E-state index in [-0.39, 0.29) is 24.2 Å². The molecule has 104 valence electrons. The molecule has 0 radical (unpaired) electrons. The number of amides is 1. The van der Waals surface area contributed by atoms with Gasteiger partial charge in [0.05, 0.1) is 12.1 Å². The first-order valence-electron chi connectivity index (χ1n) is 6.80. The van der Waals surface area contributed by atoms with Gasteiger partial charge in [0.2, 0.25) is 0 Å². The van der Waals surface area contributed by atoms with Crippen molar-refractivity contribution in [3.05, 3.63) is 35.9 Å². The van der Waals surface area contributed by atoms with Crippen molar-refractivity contribution in [2.75, 3.05) is 13.6 Å². The molecule has 0 aliphatic carbocycles. The van der Waals surface area contributed by atoms with Crippen molar-refractivity contribution in [2.45, 2.75) is 38.0 Å². The predicted octanol–water partition coefficient (Wildman–Crippen LogP) is 1.71. The van der Waals surface area contributed by atoms with Crippen LogP contribution in [0.1, 0.15) is 31.4 Å². The Bertz CT molecular complexity index is 421. The fraction of sp³-hybridized carbons (Fsp3) is 0.533. The Kier molecular flexibility index (Phi) is 4.56. The van der Waals surface area contributed by atoms with Crippen molar-refractivity contribution in [1.29, 1.82) is 0 Å². The lowest BCUT2D eigenvalue weighted by Gasteiger charge is -2.27. The van der Waals surface area contributed by atoms with Crippen molar-refractivity contribution < 1.29 is 9.53 Å². The molecular formula is C15H22N2O2. The van der Waals surface area contributed by atoms with E-state index in [0.29, 0.717) is 6.54 Å². The average molecular weight is 262 g/mol. The summed E-state index contributed by atoms with van der Waals surface area (Å²) < 4.78 is 5.66. The van der Waals surface area contributed by atoms with Gasteiger partial charge in [-0.1, -0.05) is 30.3 Å². The van der Waals surface area contributed by atoms with Gasteiger partial charge in [-0.2, -0.15) is 0 Å². The first kappa shape index (κ1) is 14.0. The Balaban J connectivity index is 1.99. The van der Waals surface area contributed by atoms with Crippen LogP contribution in [0.5, 0.6) is 0 Å². The monoisotopic (exact) mass is 262 g/mol. The molecule has 1 aliphatic rings. The summed E-state index contributed by atoms with van der Waals surface area (Å²) in [6.07, 6.45) is 1.35. The highest BCUT2D eigenvalue weighted by Gasteiger charge is 2.33. The van der Waals surface area contributed by atoms with Crippen molar-refractivity contribution >= 4 is 5.91 Å². The molecule has 0 bridgehead atoms. The molecular weight excluding hydrogens is 240 g/mol. The Morgan fingerprint density at radius 1 is 1.42 bits per heavy atom. The van der Waals surface area contributed by atoms with Gasteiger partial charge in [0, 0.05) is 13.6 Å². The second-order valence-corrected chi connectivity index (χ2v) is 5.10. The summed E-state index contributed by atoms with van der Waals surface area (Å²) in [6, 6.07) is 10.1. The maximum atomic E-state index is 12.4. The SMILES string of the molecule is CC(c1ccccc1)N(C)C(=O)C1CCC(CN)O1. The van der Waals surface area contributed by atoms with Crippen LogP contribution in [0.15, 0.2) is 30.3 Å². The van der Waals surface area contributed by atoms with E-state index in [4.69, 9.17) is 10.5 Å². The molecule has 1 heterocycles. The summed E-state index contributed by atoms with van der Waals surface area (Å²) >= 11 is 0. The van der Waals surface area contributed by atoms with E-state index in [1.165, 1.54) is 0 Å². The number of nitrogens with zero attached hydrogens (tertiary/aromatic N) is 1. The zero-order valence-electron chi connectivity index (χ0n) is 11.6. The van der Waals surface area contributed by atoms with Crippen LogP contribution in [0.2, 0.25) is 0 Å². The summed E-state index contributed by atoms with van der Waals surface area (Å²) in [4.78, 5) is 14.1. The predicted molar refractivity (Wildman–Crippen MR) is 74.6 cm³/mol. The van der Waals surface area contributed by atoms with Crippen molar-refractivity contribution in [1.82, 2.24) is 4.90 Å². The molecule has 2 N–H and O–H groups in total. The molecule has 4 heteroatoms. The molecule has 1 amide bonds. The minimum absolute atomic E-state index is 0.0365. The van der Waals surface area contributed by atoms with E-state index in [9.17, 15) is 4.79 Å². The van der Waals surface area contributed by atoms with E-state index in [0.717, 1.165) is 18.4 Å². The normalized spacial score (nSPS) is 24.2. The third-order valence-corrected chi connectivity index (χ3v) is 3.86. The van der Waals surface area contributed by atoms with Crippen LogP contribution < -0.4 is 5.73 Å². The number of carbonyl (C=O) groups excluding carboxylic acids is 1. The molecule has 1 fully saturated rings. The van der Waals surface area contributed by atoms with Gasteiger partial charge in [-0.3, -0.25) is 4.79 Å². The van der Waals surface area contributed by atoms with E-state index >= 15 is 0 Å². The summed E-state index contributed by atoms with van der Waals surface area (Å²) in [6.45, 7) is 2.52. The van der Waals surface area contributed by atoms with Crippen LogP contribution in [0.4, 0.5) is 0 Å². The maximum Gasteiger partial charge on any atom is 0.251 e. The lowest BCUT2D eigenvalue weighted by Crippen LogP contribution is -2.38. The van der Waals surface area contributed by atoms with Crippen LogP contribution in [0.25, 0.3) is 0 Å². The molecule has 0 aromatic heterocycles. The zero-order chi connectivity index (χ0) is 13.8. The van der Waals surface area contributed by atoms with Crippen LogP contribution in [0.3, 0.4) is 0 Å². The van der Waals surface area contributed by atoms with Gasteiger partial charge in [0.15, 0.2) is 0 Å². The van der Waals surface area contributed by atoms with Crippen LogP contribution in [-0.2, 0) is 9.53 Å². The Hall–Kier alpha value is -1.39. The Morgan fingerprint density at radius 2 is 2.11 bits per heavy atom. The Labute approximate surface area is 114 Å². The number of carbonyl (C=O) groups is 1. The standard InChI is InChI=1S/C15H22N2O2/c1-11(12-6-4-3-5-7-12)17(2)15(18)14-9-8-13(10-16)19-14/h3-7,11,13-14H,8-10,16H2,1-2H3.